The summed E-state index contributed by atoms with van der Waals surface area (Å²) < 4.78 is 5.05. The number of esters is 1. The molecule has 3 N–H and O–H groups in total. The summed E-state index contributed by atoms with van der Waals surface area (Å²) in [6, 6.07) is 12.0. The number of halogens is 1. The van der Waals surface area contributed by atoms with Crippen LogP contribution in [0.5, 0.6) is 0 Å². The maximum Gasteiger partial charge on any atom is 0.340 e. The Morgan fingerprint density at radius 2 is 1.88 bits per heavy atom. The first kappa shape index (κ1) is 16.1. The van der Waals surface area contributed by atoms with Crippen LogP contribution in [0.1, 0.15) is 33.3 Å². The van der Waals surface area contributed by atoms with Crippen molar-refractivity contribution in [3.63, 3.8) is 0 Å². The zero-order valence-corrected chi connectivity index (χ0v) is 13.7. The summed E-state index contributed by atoms with van der Waals surface area (Å²) >= 11 is 6.16. The van der Waals surface area contributed by atoms with Crippen LogP contribution in [0.25, 0.3) is 10.9 Å². The van der Waals surface area contributed by atoms with Gasteiger partial charge in [-0.1, -0.05) is 41.9 Å². The monoisotopic (exact) mass is 342 g/mol. The van der Waals surface area contributed by atoms with E-state index in [-0.39, 0.29) is 34.4 Å². The Balaban J connectivity index is 2.20. The van der Waals surface area contributed by atoms with Crippen LogP contribution >= 0.6 is 11.6 Å². The highest BCUT2D eigenvalue weighted by molar-refractivity contribution is 6.36. The Morgan fingerprint density at radius 3 is 2.54 bits per heavy atom. The number of fused-ring (bicyclic) bond motifs is 1. The number of hydrogen-bond acceptors (Lipinski definition) is 4. The van der Waals surface area contributed by atoms with Gasteiger partial charge in [-0.25, -0.2) is 4.79 Å². The minimum Gasteiger partial charge on any atom is -0.462 e. The molecule has 0 aliphatic carbocycles. The van der Waals surface area contributed by atoms with Crippen molar-refractivity contribution in [1.82, 2.24) is 4.98 Å². The van der Waals surface area contributed by atoms with Gasteiger partial charge in [-0.05, 0) is 19.1 Å². The number of carbonyl (C=O) groups is 2. The molecule has 6 heteroatoms. The number of nitrogens with two attached hydrogens (primary N) is 1. The molecule has 0 saturated heterocycles. The lowest BCUT2D eigenvalue weighted by atomic mass is 10.0. The summed E-state index contributed by atoms with van der Waals surface area (Å²) in [7, 11) is 0. The number of hydrogen-bond donors (Lipinski definition) is 2. The van der Waals surface area contributed by atoms with E-state index in [0.29, 0.717) is 16.5 Å². The third kappa shape index (κ3) is 2.63. The van der Waals surface area contributed by atoms with Gasteiger partial charge < -0.3 is 15.5 Å². The molecule has 2 aromatic carbocycles. The highest BCUT2D eigenvalue weighted by atomic mass is 35.5. The Hall–Kier alpha value is -2.79. The smallest absolute Gasteiger partial charge is 0.340 e. The van der Waals surface area contributed by atoms with Gasteiger partial charge in [0.05, 0.1) is 22.9 Å². The lowest BCUT2D eigenvalue weighted by molar-refractivity contribution is 0.0529. The quantitative estimate of drug-likeness (QED) is 0.557. The largest absolute Gasteiger partial charge is 0.462 e. The Labute approximate surface area is 143 Å². The topological polar surface area (TPSA) is 85.2 Å². The van der Waals surface area contributed by atoms with E-state index >= 15 is 0 Å². The number of ketones is 1. The average Bonchev–Trinajstić information content (AvgIpc) is 2.92. The van der Waals surface area contributed by atoms with Gasteiger partial charge in [0.25, 0.3) is 0 Å². The molecule has 0 bridgehead atoms. The molecule has 1 aromatic heterocycles. The molecule has 0 atom stereocenters. The van der Waals surface area contributed by atoms with Gasteiger partial charge in [0, 0.05) is 16.5 Å². The molecule has 0 fully saturated rings. The van der Waals surface area contributed by atoms with Crippen LogP contribution in [-0.4, -0.2) is 23.3 Å². The molecule has 0 aliphatic heterocycles. The molecule has 3 rings (SSSR count). The summed E-state index contributed by atoms with van der Waals surface area (Å²) in [6.07, 6.45) is 0. The molecule has 1 heterocycles. The van der Waals surface area contributed by atoms with Crippen LogP contribution in [0.2, 0.25) is 5.02 Å². The van der Waals surface area contributed by atoms with E-state index < -0.39 is 5.97 Å². The average molecular weight is 343 g/mol. The lowest BCUT2D eigenvalue weighted by Gasteiger charge is -2.06. The van der Waals surface area contributed by atoms with E-state index in [1.165, 1.54) is 0 Å². The Morgan fingerprint density at radius 1 is 1.17 bits per heavy atom. The molecule has 0 saturated carbocycles. The third-order valence-corrected chi connectivity index (χ3v) is 4.01. The minimum atomic E-state index is -0.572. The zero-order chi connectivity index (χ0) is 17.3. The Kier molecular flexibility index (Phi) is 4.27. The summed E-state index contributed by atoms with van der Waals surface area (Å²) in [5, 5.41) is 0.630. The minimum absolute atomic E-state index is 0.164. The lowest BCUT2D eigenvalue weighted by Crippen LogP contribution is -2.07. The van der Waals surface area contributed by atoms with Crippen molar-refractivity contribution in [2.24, 2.45) is 0 Å². The van der Waals surface area contributed by atoms with Crippen molar-refractivity contribution in [3.8, 4) is 0 Å². The third-order valence-electron chi connectivity index (χ3n) is 3.70. The van der Waals surface area contributed by atoms with Gasteiger partial charge in [0.15, 0.2) is 0 Å². The van der Waals surface area contributed by atoms with E-state index in [0.717, 1.165) is 0 Å². The number of benzene rings is 2. The van der Waals surface area contributed by atoms with E-state index in [2.05, 4.69) is 4.98 Å². The van der Waals surface area contributed by atoms with Crippen molar-refractivity contribution >= 4 is 39.9 Å². The molecular weight excluding hydrogens is 328 g/mol. The second kappa shape index (κ2) is 6.37. The molecule has 24 heavy (non-hydrogen) atoms. The van der Waals surface area contributed by atoms with Gasteiger partial charge in [-0.3, -0.25) is 4.79 Å². The second-order valence-electron chi connectivity index (χ2n) is 5.17. The number of rotatable bonds is 4. The number of anilines is 1. The molecule has 5 nitrogen and oxygen atoms in total. The first-order chi connectivity index (χ1) is 11.5. The van der Waals surface area contributed by atoms with Crippen LogP contribution < -0.4 is 5.73 Å². The predicted octanol–water partition coefficient (Wildman–Crippen LogP) is 3.81. The van der Waals surface area contributed by atoms with Gasteiger partial charge in [0.2, 0.25) is 5.78 Å². The van der Waals surface area contributed by atoms with Gasteiger partial charge in [0.1, 0.15) is 5.69 Å². The molecule has 3 aromatic rings. The van der Waals surface area contributed by atoms with Crippen LogP contribution in [0.15, 0.2) is 42.5 Å². The normalized spacial score (nSPS) is 10.8. The Bertz CT molecular complexity index is 932. The molecular formula is C18H15ClN2O3. The molecule has 0 unspecified atom stereocenters. The number of nitrogens with one attached hydrogen (secondary N) is 1. The van der Waals surface area contributed by atoms with Gasteiger partial charge in [-0.2, -0.15) is 0 Å². The highest BCUT2D eigenvalue weighted by Crippen LogP contribution is 2.34. The predicted molar refractivity (Wildman–Crippen MR) is 93.6 cm³/mol. The number of H-pyrrole nitrogens is 1. The summed E-state index contributed by atoms with van der Waals surface area (Å²) in [5.41, 5.74) is 7.79. The maximum absolute atomic E-state index is 12.7. The fourth-order valence-electron chi connectivity index (χ4n) is 2.60. The van der Waals surface area contributed by atoms with E-state index in [1.54, 1.807) is 43.3 Å². The zero-order valence-electron chi connectivity index (χ0n) is 12.9. The summed E-state index contributed by atoms with van der Waals surface area (Å²) in [5.74, 6) is -0.826. The number of ether oxygens (including phenoxy) is 1. The van der Waals surface area contributed by atoms with Crippen molar-refractivity contribution in [2.75, 3.05) is 12.3 Å². The molecule has 0 radical (unpaired) electrons. The number of carbonyl (C=O) groups excluding carboxylic acids is 2. The number of nitrogen functional groups attached to an aromatic ring is 1. The maximum atomic E-state index is 12.7. The number of aromatic nitrogens is 1. The van der Waals surface area contributed by atoms with Crippen LogP contribution in [0.3, 0.4) is 0 Å². The van der Waals surface area contributed by atoms with Crippen LogP contribution in [0, 0.1) is 0 Å². The second-order valence-corrected chi connectivity index (χ2v) is 5.58. The highest BCUT2D eigenvalue weighted by Gasteiger charge is 2.24. The van der Waals surface area contributed by atoms with E-state index in [9.17, 15) is 9.59 Å². The fourth-order valence-corrected chi connectivity index (χ4v) is 2.84. The van der Waals surface area contributed by atoms with Crippen molar-refractivity contribution < 1.29 is 14.3 Å². The fraction of sp³-hybridized carbons (Fsp3) is 0.111. The first-order valence-electron chi connectivity index (χ1n) is 7.41. The van der Waals surface area contributed by atoms with Gasteiger partial charge >= 0.3 is 5.97 Å². The van der Waals surface area contributed by atoms with E-state index in [4.69, 9.17) is 22.1 Å². The number of aromatic amines is 1. The molecule has 122 valence electrons. The van der Waals surface area contributed by atoms with Crippen LogP contribution in [0.4, 0.5) is 5.69 Å². The molecule has 0 spiro atoms. The summed E-state index contributed by atoms with van der Waals surface area (Å²) in [4.78, 5) is 27.9. The SMILES string of the molecule is CCOC(=O)c1c(Cl)ccc2[nH]c(C(=O)c3ccccc3)c(N)c12. The molecule has 0 aliphatic rings. The molecule has 0 amide bonds. The van der Waals surface area contributed by atoms with E-state index in [1.807, 2.05) is 6.07 Å². The first-order valence-corrected chi connectivity index (χ1v) is 7.79. The van der Waals surface area contributed by atoms with Crippen molar-refractivity contribution in [2.45, 2.75) is 6.92 Å². The van der Waals surface area contributed by atoms with Crippen molar-refractivity contribution in [3.05, 3.63) is 64.3 Å². The standard InChI is InChI=1S/C18H15ClN2O3/c1-2-24-18(23)13-11(19)8-9-12-14(13)15(20)16(21-12)17(22)10-6-4-3-5-7-10/h3-9,21H,2,20H2,1H3. The van der Waals surface area contributed by atoms with Crippen LogP contribution in [-0.2, 0) is 4.74 Å². The summed E-state index contributed by atoms with van der Waals surface area (Å²) in [6.45, 7) is 1.92. The van der Waals surface area contributed by atoms with Gasteiger partial charge in [-0.15, -0.1) is 0 Å². The van der Waals surface area contributed by atoms with Crippen molar-refractivity contribution in [1.29, 1.82) is 0 Å².